The largest absolute Gasteiger partial charge is 0.350 e. The van der Waals surface area contributed by atoms with Crippen LogP contribution >= 0.6 is 11.6 Å². The van der Waals surface area contributed by atoms with Crippen LogP contribution < -0.4 is 10.2 Å². The molecule has 0 aromatic carbocycles. The summed E-state index contributed by atoms with van der Waals surface area (Å²) in [6, 6.07) is 2.49. The molecule has 1 aliphatic heterocycles. The molecule has 1 atom stereocenters. The molecule has 0 aliphatic carbocycles. The number of anilines is 1. The smallest absolute Gasteiger partial charge is 0.147 e. The standard InChI is InChI=1S/C15H25ClN4/c1-4-5-17-9-13-8-14(16)15(18-10-13)20-7-6-19(3)11-12(20)2/h8,10,12,17H,4-7,9,11H2,1-3H3. The van der Waals surface area contributed by atoms with Gasteiger partial charge in [0.05, 0.1) is 5.02 Å². The molecule has 2 rings (SSSR count). The molecule has 112 valence electrons. The molecule has 2 heterocycles. The van der Waals surface area contributed by atoms with E-state index in [0.29, 0.717) is 6.04 Å². The molecule has 0 spiro atoms. The van der Waals surface area contributed by atoms with Gasteiger partial charge in [-0.15, -0.1) is 0 Å². The number of likely N-dealkylation sites (N-methyl/N-ethyl adjacent to an activating group) is 1. The van der Waals surface area contributed by atoms with E-state index in [1.54, 1.807) is 0 Å². The minimum Gasteiger partial charge on any atom is -0.350 e. The Balaban J connectivity index is 2.05. The Hall–Kier alpha value is -0.840. The summed E-state index contributed by atoms with van der Waals surface area (Å²) in [5, 5.41) is 4.13. The maximum atomic E-state index is 6.43. The van der Waals surface area contributed by atoms with Crippen molar-refractivity contribution in [2.24, 2.45) is 0 Å². The molecule has 1 N–H and O–H groups in total. The van der Waals surface area contributed by atoms with Crippen molar-refractivity contribution in [3.05, 3.63) is 22.8 Å². The molecule has 0 saturated carbocycles. The highest BCUT2D eigenvalue weighted by Gasteiger charge is 2.24. The first kappa shape index (κ1) is 15.5. The summed E-state index contributed by atoms with van der Waals surface area (Å²) >= 11 is 6.43. The molecule has 1 fully saturated rings. The van der Waals surface area contributed by atoms with Gasteiger partial charge in [-0.25, -0.2) is 4.98 Å². The number of halogens is 1. The summed E-state index contributed by atoms with van der Waals surface area (Å²) in [6.45, 7) is 9.34. The fourth-order valence-electron chi connectivity index (χ4n) is 2.64. The predicted octanol–water partition coefficient (Wildman–Crippen LogP) is 2.37. The number of nitrogens with one attached hydrogen (secondary N) is 1. The van der Waals surface area contributed by atoms with Crippen molar-refractivity contribution in [2.45, 2.75) is 32.9 Å². The highest BCUT2D eigenvalue weighted by atomic mass is 35.5. The zero-order chi connectivity index (χ0) is 14.5. The molecule has 1 aromatic heterocycles. The first-order valence-electron chi connectivity index (χ1n) is 7.42. The van der Waals surface area contributed by atoms with E-state index in [2.05, 4.69) is 41.0 Å². The van der Waals surface area contributed by atoms with Gasteiger partial charge in [-0.05, 0) is 38.6 Å². The summed E-state index contributed by atoms with van der Waals surface area (Å²) in [7, 11) is 2.16. The van der Waals surface area contributed by atoms with Gasteiger partial charge in [-0.2, -0.15) is 0 Å². The van der Waals surface area contributed by atoms with E-state index in [4.69, 9.17) is 11.6 Å². The average Bonchev–Trinajstić information content (AvgIpc) is 2.40. The second kappa shape index (κ2) is 7.25. The third-order valence-corrected chi connectivity index (χ3v) is 4.02. The zero-order valence-corrected chi connectivity index (χ0v) is 13.5. The van der Waals surface area contributed by atoms with Gasteiger partial charge in [0.1, 0.15) is 5.82 Å². The zero-order valence-electron chi connectivity index (χ0n) is 12.7. The SMILES string of the molecule is CCCNCc1cnc(N2CCN(C)CC2C)c(Cl)c1. The molecular formula is C15H25ClN4. The molecule has 0 radical (unpaired) electrons. The summed E-state index contributed by atoms with van der Waals surface area (Å²) in [4.78, 5) is 9.25. The number of nitrogens with zero attached hydrogens (tertiary/aromatic N) is 3. The fourth-order valence-corrected chi connectivity index (χ4v) is 2.94. The molecule has 1 aliphatic rings. The van der Waals surface area contributed by atoms with Gasteiger partial charge in [0.25, 0.3) is 0 Å². The summed E-state index contributed by atoms with van der Waals surface area (Å²) in [6.07, 6.45) is 3.08. The van der Waals surface area contributed by atoms with Crippen molar-refractivity contribution >= 4 is 17.4 Å². The van der Waals surface area contributed by atoms with Crippen molar-refractivity contribution in [3.63, 3.8) is 0 Å². The molecule has 1 aromatic rings. The molecule has 1 unspecified atom stereocenters. The van der Waals surface area contributed by atoms with Crippen LogP contribution in [0.15, 0.2) is 12.3 Å². The minimum atomic E-state index is 0.447. The molecule has 0 amide bonds. The fraction of sp³-hybridized carbons (Fsp3) is 0.667. The quantitative estimate of drug-likeness (QED) is 0.846. The molecular weight excluding hydrogens is 272 g/mol. The Morgan fingerprint density at radius 2 is 2.25 bits per heavy atom. The van der Waals surface area contributed by atoms with Crippen LogP contribution in [0.3, 0.4) is 0 Å². The Bertz CT molecular complexity index is 438. The van der Waals surface area contributed by atoms with Crippen molar-refractivity contribution in [3.8, 4) is 0 Å². The number of hydrogen-bond donors (Lipinski definition) is 1. The number of aromatic nitrogens is 1. The van der Waals surface area contributed by atoms with Crippen molar-refractivity contribution in [1.82, 2.24) is 15.2 Å². The van der Waals surface area contributed by atoms with Crippen LogP contribution in [-0.2, 0) is 6.54 Å². The lowest BCUT2D eigenvalue weighted by atomic mass is 10.2. The summed E-state index contributed by atoms with van der Waals surface area (Å²) in [5.41, 5.74) is 1.15. The van der Waals surface area contributed by atoms with Gasteiger partial charge in [0, 0.05) is 38.4 Å². The van der Waals surface area contributed by atoms with E-state index in [9.17, 15) is 0 Å². The molecule has 0 bridgehead atoms. The number of hydrogen-bond acceptors (Lipinski definition) is 4. The van der Waals surface area contributed by atoms with E-state index < -0.39 is 0 Å². The third kappa shape index (κ3) is 3.84. The maximum absolute atomic E-state index is 6.43. The highest BCUT2D eigenvalue weighted by Crippen LogP contribution is 2.27. The van der Waals surface area contributed by atoms with Crippen LogP contribution in [0.25, 0.3) is 0 Å². The Morgan fingerprint density at radius 1 is 1.45 bits per heavy atom. The normalized spacial score (nSPS) is 20.4. The number of piperazine rings is 1. The van der Waals surface area contributed by atoms with Crippen LogP contribution in [0.1, 0.15) is 25.8 Å². The second-order valence-corrected chi connectivity index (χ2v) is 6.04. The van der Waals surface area contributed by atoms with E-state index in [-0.39, 0.29) is 0 Å². The summed E-state index contributed by atoms with van der Waals surface area (Å²) in [5.74, 6) is 0.923. The van der Waals surface area contributed by atoms with Crippen LogP contribution in [0.5, 0.6) is 0 Å². The Kier molecular flexibility index (Phi) is 5.64. The van der Waals surface area contributed by atoms with Crippen LogP contribution in [0.4, 0.5) is 5.82 Å². The van der Waals surface area contributed by atoms with Gasteiger partial charge < -0.3 is 15.1 Å². The lowest BCUT2D eigenvalue weighted by Gasteiger charge is -2.39. The third-order valence-electron chi connectivity index (χ3n) is 3.74. The van der Waals surface area contributed by atoms with E-state index in [0.717, 1.165) is 55.5 Å². The second-order valence-electron chi connectivity index (χ2n) is 5.63. The predicted molar refractivity (Wildman–Crippen MR) is 85.5 cm³/mol. The highest BCUT2D eigenvalue weighted by molar-refractivity contribution is 6.33. The summed E-state index contributed by atoms with van der Waals surface area (Å²) < 4.78 is 0. The van der Waals surface area contributed by atoms with Gasteiger partial charge >= 0.3 is 0 Å². The van der Waals surface area contributed by atoms with Gasteiger partial charge in [-0.1, -0.05) is 18.5 Å². The molecule has 4 nitrogen and oxygen atoms in total. The van der Waals surface area contributed by atoms with E-state index >= 15 is 0 Å². The lowest BCUT2D eigenvalue weighted by molar-refractivity contribution is 0.274. The average molecular weight is 297 g/mol. The minimum absolute atomic E-state index is 0.447. The lowest BCUT2D eigenvalue weighted by Crippen LogP contribution is -2.50. The van der Waals surface area contributed by atoms with Gasteiger partial charge in [0.2, 0.25) is 0 Å². The Morgan fingerprint density at radius 3 is 2.90 bits per heavy atom. The maximum Gasteiger partial charge on any atom is 0.147 e. The van der Waals surface area contributed by atoms with Crippen LogP contribution in [-0.4, -0.2) is 49.2 Å². The molecule has 1 saturated heterocycles. The van der Waals surface area contributed by atoms with E-state index in [1.807, 2.05) is 12.3 Å². The Labute approximate surface area is 127 Å². The topological polar surface area (TPSA) is 31.4 Å². The number of rotatable bonds is 5. The van der Waals surface area contributed by atoms with Crippen LogP contribution in [0, 0.1) is 0 Å². The van der Waals surface area contributed by atoms with Crippen LogP contribution in [0.2, 0.25) is 5.02 Å². The monoisotopic (exact) mass is 296 g/mol. The molecule has 5 heteroatoms. The first-order valence-corrected chi connectivity index (χ1v) is 7.80. The van der Waals surface area contributed by atoms with Crippen molar-refractivity contribution in [2.75, 3.05) is 38.1 Å². The number of pyridine rings is 1. The van der Waals surface area contributed by atoms with E-state index in [1.165, 1.54) is 0 Å². The first-order chi connectivity index (χ1) is 9.61. The van der Waals surface area contributed by atoms with Gasteiger partial charge in [0.15, 0.2) is 0 Å². The van der Waals surface area contributed by atoms with Crippen molar-refractivity contribution < 1.29 is 0 Å². The molecule has 20 heavy (non-hydrogen) atoms. The van der Waals surface area contributed by atoms with Gasteiger partial charge in [-0.3, -0.25) is 0 Å². The van der Waals surface area contributed by atoms with Crippen molar-refractivity contribution in [1.29, 1.82) is 0 Å².